The fourth-order valence-corrected chi connectivity index (χ4v) is 4.22. The SMILES string of the molecule is CC(C)CC(=O)NN=C1CCCc2cc(OCCOCCOCC(C(=O)O)N3C(=O)CCC3=O)ccc21. The summed E-state index contributed by atoms with van der Waals surface area (Å²) in [5, 5.41) is 13.7. The highest BCUT2D eigenvalue weighted by Crippen LogP contribution is 2.26. The van der Waals surface area contributed by atoms with Gasteiger partial charge in [0, 0.05) is 24.8 Å². The van der Waals surface area contributed by atoms with Crippen molar-refractivity contribution in [3.8, 4) is 5.75 Å². The maximum Gasteiger partial charge on any atom is 0.329 e. The van der Waals surface area contributed by atoms with E-state index >= 15 is 0 Å². The molecule has 3 rings (SSSR count). The highest BCUT2D eigenvalue weighted by Gasteiger charge is 2.38. The number of aryl methyl sites for hydroxylation is 1. The molecule has 202 valence electrons. The molecule has 1 aliphatic heterocycles. The second-order valence-electron chi connectivity index (χ2n) is 9.41. The number of carboxylic acids is 1. The van der Waals surface area contributed by atoms with Gasteiger partial charge < -0.3 is 19.3 Å². The molecule has 1 heterocycles. The maximum atomic E-state index is 11.9. The van der Waals surface area contributed by atoms with Crippen LogP contribution in [0.4, 0.5) is 0 Å². The van der Waals surface area contributed by atoms with E-state index in [0.717, 1.165) is 41.0 Å². The van der Waals surface area contributed by atoms with Crippen LogP contribution in [0.5, 0.6) is 5.75 Å². The molecule has 1 fully saturated rings. The van der Waals surface area contributed by atoms with Crippen molar-refractivity contribution in [2.24, 2.45) is 11.0 Å². The maximum absolute atomic E-state index is 11.9. The molecule has 0 saturated carbocycles. The van der Waals surface area contributed by atoms with E-state index < -0.39 is 23.8 Å². The number of ether oxygens (including phenoxy) is 3. The van der Waals surface area contributed by atoms with Crippen LogP contribution in [0.15, 0.2) is 23.3 Å². The van der Waals surface area contributed by atoms with Crippen LogP contribution in [0.3, 0.4) is 0 Å². The molecule has 1 aromatic rings. The number of carboxylic acid groups (broad SMARTS) is 1. The number of rotatable bonds is 14. The number of imide groups is 1. The predicted octanol–water partition coefficient (Wildman–Crippen LogP) is 1.90. The Kier molecular flexibility index (Phi) is 10.6. The Morgan fingerprint density at radius 2 is 1.73 bits per heavy atom. The van der Waals surface area contributed by atoms with Gasteiger partial charge >= 0.3 is 5.97 Å². The molecule has 0 aromatic heterocycles. The van der Waals surface area contributed by atoms with Crippen molar-refractivity contribution in [1.82, 2.24) is 10.3 Å². The van der Waals surface area contributed by atoms with Crippen LogP contribution in [-0.4, -0.2) is 78.5 Å². The molecular weight excluding hydrogens is 482 g/mol. The molecule has 3 amide bonds. The second-order valence-corrected chi connectivity index (χ2v) is 9.41. The molecule has 0 radical (unpaired) electrons. The third kappa shape index (κ3) is 8.36. The van der Waals surface area contributed by atoms with E-state index in [1.54, 1.807) is 0 Å². The summed E-state index contributed by atoms with van der Waals surface area (Å²) >= 11 is 0. The number of likely N-dealkylation sites (tertiary alicyclic amines) is 1. The Labute approximate surface area is 216 Å². The number of hydrogen-bond donors (Lipinski definition) is 2. The molecule has 0 spiro atoms. The monoisotopic (exact) mass is 517 g/mol. The van der Waals surface area contributed by atoms with Gasteiger partial charge in [-0.15, -0.1) is 0 Å². The first-order chi connectivity index (χ1) is 17.8. The van der Waals surface area contributed by atoms with Gasteiger partial charge in [0.15, 0.2) is 6.04 Å². The summed E-state index contributed by atoms with van der Waals surface area (Å²) in [5.41, 5.74) is 5.68. The molecule has 1 unspecified atom stereocenters. The first-order valence-electron chi connectivity index (χ1n) is 12.6. The van der Waals surface area contributed by atoms with Crippen molar-refractivity contribution in [2.75, 3.05) is 33.0 Å². The summed E-state index contributed by atoms with van der Waals surface area (Å²) < 4.78 is 16.6. The van der Waals surface area contributed by atoms with Gasteiger partial charge in [-0.2, -0.15) is 5.10 Å². The van der Waals surface area contributed by atoms with Crippen molar-refractivity contribution in [1.29, 1.82) is 0 Å². The highest BCUT2D eigenvalue weighted by molar-refractivity contribution is 6.05. The van der Waals surface area contributed by atoms with Crippen LogP contribution in [0.2, 0.25) is 0 Å². The minimum atomic E-state index is -1.32. The summed E-state index contributed by atoms with van der Waals surface area (Å²) in [6.45, 7) is 4.65. The molecule has 2 aliphatic rings. The molecule has 11 heteroatoms. The Hall–Kier alpha value is -3.31. The average Bonchev–Trinajstić information content (AvgIpc) is 3.18. The summed E-state index contributed by atoms with van der Waals surface area (Å²) in [4.78, 5) is 47.6. The molecule has 1 atom stereocenters. The van der Waals surface area contributed by atoms with Crippen LogP contribution in [0, 0.1) is 5.92 Å². The Morgan fingerprint density at radius 1 is 1.03 bits per heavy atom. The van der Waals surface area contributed by atoms with Gasteiger partial charge in [0.2, 0.25) is 17.7 Å². The number of hydrogen-bond acceptors (Lipinski definition) is 8. The third-order valence-corrected chi connectivity index (χ3v) is 5.99. The van der Waals surface area contributed by atoms with E-state index in [9.17, 15) is 24.3 Å². The van der Waals surface area contributed by atoms with Gasteiger partial charge in [-0.25, -0.2) is 10.2 Å². The van der Waals surface area contributed by atoms with Crippen LogP contribution >= 0.6 is 0 Å². The van der Waals surface area contributed by atoms with Crippen molar-refractivity contribution < 1.29 is 38.5 Å². The molecule has 1 aromatic carbocycles. The molecule has 2 N–H and O–H groups in total. The van der Waals surface area contributed by atoms with Crippen LogP contribution in [0.1, 0.15) is 57.1 Å². The molecule has 37 heavy (non-hydrogen) atoms. The number of aliphatic carboxylic acids is 1. The number of nitrogens with one attached hydrogen (secondary N) is 1. The zero-order valence-corrected chi connectivity index (χ0v) is 21.4. The van der Waals surface area contributed by atoms with Gasteiger partial charge in [0.1, 0.15) is 12.4 Å². The highest BCUT2D eigenvalue weighted by atomic mass is 16.5. The Bertz CT molecular complexity index is 1010. The van der Waals surface area contributed by atoms with Crippen molar-refractivity contribution in [3.63, 3.8) is 0 Å². The van der Waals surface area contributed by atoms with E-state index in [0.29, 0.717) is 25.4 Å². The minimum absolute atomic E-state index is 0.0291. The summed E-state index contributed by atoms with van der Waals surface area (Å²) in [5.74, 6) is -1.36. The fraction of sp³-hybridized carbons (Fsp3) is 0.577. The topological polar surface area (TPSA) is 144 Å². The Morgan fingerprint density at radius 3 is 2.43 bits per heavy atom. The third-order valence-electron chi connectivity index (χ3n) is 5.99. The predicted molar refractivity (Wildman–Crippen MR) is 133 cm³/mol. The number of carbonyl (C=O) groups is 4. The quantitative estimate of drug-likeness (QED) is 0.216. The van der Waals surface area contributed by atoms with Crippen LogP contribution in [0.25, 0.3) is 0 Å². The lowest BCUT2D eigenvalue weighted by Gasteiger charge is -2.22. The average molecular weight is 518 g/mol. The largest absolute Gasteiger partial charge is 0.491 e. The van der Waals surface area contributed by atoms with Gasteiger partial charge in [-0.05, 0) is 48.9 Å². The van der Waals surface area contributed by atoms with E-state index in [4.69, 9.17) is 14.2 Å². The summed E-state index contributed by atoms with van der Waals surface area (Å²) in [6.07, 6.45) is 3.16. The summed E-state index contributed by atoms with van der Waals surface area (Å²) in [7, 11) is 0. The van der Waals surface area contributed by atoms with Crippen LogP contribution < -0.4 is 10.2 Å². The first kappa shape index (κ1) is 28.3. The molecular formula is C26H35N3O8. The fourth-order valence-electron chi connectivity index (χ4n) is 4.22. The lowest BCUT2D eigenvalue weighted by atomic mass is 9.90. The molecule has 1 saturated heterocycles. The molecule has 0 bridgehead atoms. The van der Waals surface area contributed by atoms with Gasteiger partial charge in [-0.3, -0.25) is 19.3 Å². The number of carbonyl (C=O) groups excluding carboxylic acids is 3. The standard InChI is InChI=1S/C26H35N3O8/c1-17(2)14-23(30)28-27-21-5-3-4-18-15-19(6-7-20(18)21)37-13-12-35-10-11-36-16-22(26(33)34)29-24(31)8-9-25(29)32/h6-7,15,17,22H,3-5,8-14,16H2,1-2H3,(H,28,30)(H,33,34). The number of fused-ring (bicyclic) bond motifs is 1. The van der Waals surface area contributed by atoms with Crippen molar-refractivity contribution >= 4 is 29.4 Å². The van der Waals surface area contributed by atoms with Crippen LogP contribution in [-0.2, 0) is 35.1 Å². The molecule has 11 nitrogen and oxygen atoms in total. The lowest BCUT2D eigenvalue weighted by Crippen LogP contribution is -2.47. The number of nitrogens with zero attached hydrogens (tertiary/aromatic N) is 2. The van der Waals surface area contributed by atoms with E-state index in [-0.39, 0.29) is 44.5 Å². The van der Waals surface area contributed by atoms with E-state index in [1.165, 1.54) is 0 Å². The van der Waals surface area contributed by atoms with Gasteiger partial charge in [0.25, 0.3) is 0 Å². The smallest absolute Gasteiger partial charge is 0.329 e. The number of amides is 3. The Balaban J connectivity index is 1.36. The summed E-state index contributed by atoms with van der Waals surface area (Å²) in [6, 6.07) is 4.49. The first-order valence-corrected chi connectivity index (χ1v) is 12.6. The normalized spacial score (nSPS) is 17.3. The second kappa shape index (κ2) is 13.8. The van der Waals surface area contributed by atoms with Gasteiger partial charge in [-0.1, -0.05) is 13.8 Å². The van der Waals surface area contributed by atoms with Crippen molar-refractivity contribution in [2.45, 2.75) is 58.4 Å². The van der Waals surface area contributed by atoms with Crippen molar-refractivity contribution in [3.05, 3.63) is 29.3 Å². The lowest BCUT2D eigenvalue weighted by molar-refractivity contribution is -0.157. The zero-order valence-electron chi connectivity index (χ0n) is 21.4. The number of benzene rings is 1. The van der Waals surface area contributed by atoms with E-state index in [1.807, 2.05) is 32.0 Å². The van der Waals surface area contributed by atoms with Gasteiger partial charge in [0.05, 0.1) is 32.1 Å². The molecule has 1 aliphatic carbocycles. The zero-order chi connectivity index (χ0) is 26.8. The number of hydrazone groups is 1. The minimum Gasteiger partial charge on any atom is -0.491 e. The van der Waals surface area contributed by atoms with E-state index in [2.05, 4.69) is 10.5 Å².